The van der Waals surface area contributed by atoms with Crippen LogP contribution in [-0.2, 0) is 9.59 Å². The molecule has 0 atom stereocenters. The summed E-state index contributed by atoms with van der Waals surface area (Å²) < 4.78 is 12.0. The van der Waals surface area contributed by atoms with E-state index >= 15 is 0 Å². The van der Waals surface area contributed by atoms with E-state index in [-0.39, 0.29) is 23.7 Å². The number of anilines is 1. The topological polar surface area (TPSA) is 84.9 Å². The number of hydrogen-bond acceptors (Lipinski definition) is 6. The highest BCUT2D eigenvalue weighted by Crippen LogP contribution is 2.38. The lowest BCUT2D eigenvalue weighted by atomic mass is 10.1. The molecular weight excluding hydrogens is 496 g/mol. The van der Waals surface area contributed by atoms with E-state index in [2.05, 4.69) is 21.2 Å². The van der Waals surface area contributed by atoms with Gasteiger partial charge in [0.05, 0.1) is 11.5 Å². The van der Waals surface area contributed by atoms with E-state index in [4.69, 9.17) is 9.47 Å². The number of hydrogen-bond donors (Lipinski definition) is 1. The molecular formula is C23H23BrN2O5S. The zero-order valence-electron chi connectivity index (χ0n) is 17.7. The maximum absolute atomic E-state index is 12.5. The van der Waals surface area contributed by atoms with Crippen LogP contribution in [0.3, 0.4) is 0 Å². The molecule has 0 unspecified atom stereocenters. The molecule has 0 bridgehead atoms. The largest absolute Gasteiger partial charge is 0.490 e. The number of nitrogens with zero attached hydrogens (tertiary/aromatic N) is 1. The van der Waals surface area contributed by atoms with Crippen molar-refractivity contribution in [2.24, 2.45) is 0 Å². The van der Waals surface area contributed by atoms with Crippen molar-refractivity contribution in [3.8, 4) is 11.5 Å². The van der Waals surface area contributed by atoms with Gasteiger partial charge in [0.1, 0.15) is 0 Å². The number of rotatable bonds is 9. The van der Waals surface area contributed by atoms with Gasteiger partial charge in [0.15, 0.2) is 18.1 Å². The van der Waals surface area contributed by atoms with E-state index in [1.807, 2.05) is 32.0 Å². The number of halogens is 1. The average molecular weight is 519 g/mol. The molecule has 7 nitrogen and oxygen atoms in total. The number of para-hydroxylation sites is 1. The monoisotopic (exact) mass is 518 g/mol. The van der Waals surface area contributed by atoms with Crippen LogP contribution in [0.4, 0.5) is 10.5 Å². The van der Waals surface area contributed by atoms with Gasteiger partial charge in [0, 0.05) is 16.7 Å². The zero-order chi connectivity index (χ0) is 23.1. The molecule has 9 heteroatoms. The van der Waals surface area contributed by atoms with Crippen LogP contribution < -0.4 is 14.8 Å². The van der Waals surface area contributed by atoms with Crippen LogP contribution in [0.25, 0.3) is 6.08 Å². The number of benzene rings is 2. The second-order valence-corrected chi connectivity index (χ2v) is 8.64. The number of nitrogens with one attached hydrogen (secondary N) is 1. The smallest absolute Gasteiger partial charge is 0.293 e. The van der Waals surface area contributed by atoms with Crippen LogP contribution >= 0.6 is 27.7 Å². The Hall–Kier alpha value is -2.78. The van der Waals surface area contributed by atoms with Crippen LogP contribution in [0.1, 0.15) is 25.8 Å². The first-order chi connectivity index (χ1) is 15.4. The first-order valence-electron chi connectivity index (χ1n) is 10.1. The molecule has 0 radical (unpaired) electrons. The van der Waals surface area contributed by atoms with Crippen molar-refractivity contribution in [1.82, 2.24) is 4.90 Å². The predicted octanol–water partition coefficient (Wildman–Crippen LogP) is 5.31. The fourth-order valence-electron chi connectivity index (χ4n) is 2.96. The highest BCUT2D eigenvalue weighted by Gasteiger charge is 2.34. The van der Waals surface area contributed by atoms with Gasteiger partial charge in [-0.15, -0.1) is 0 Å². The number of carbonyl (C=O) groups is 3. The first kappa shape index (κ1) is 23.9. The summed E-state index contributed by atoms with van der Waals surface area (Å²) in [7, 11) is 0. The SMILES string of the molecule is CCCN1C(=O)S/C(=C/c2cc(OCC)c(OCC(=O)Nc3ccccc3)cc2Br)C1=O. The van der Waals surface area contributed by atoms with Gasteiger partial charge < -0.3 is 14.8 Å². The molecule has 3 rings (SSSR count). The quantitative estimate of drug-likeness (QED) is 0.452. The van der Waals surface area contributed by atoms with E-state index in [1.54, 1.807) is 30.3 Å². The van der Waals surface area contributed by atoms with Crippen molar-refractivity contribution in [3.05, 3.63) is 57.4 Å². The van der Waals surface area contributed by atoms with E-state index in [0.29, 0.717) is 51.7 Å². The number of imide groups is 1. The van der Waals surface area contributed by atoms with Gasteiger partial charge in [-0.05, 0) is 61.0 Å². The molecule has 1 aliphatic heterocycles. The van der Waals surface area contributed by atoms with E-state index in [0.717, 1.165) is 11.8 Å². The van der Waals surface area contributed by atoms with Crippen molar-refractivity contribution < 1.29 is 23.9 Å². The van der Waals surface area contributed by atoms with Crippen molar-refractivity contribution in [1.29, 1.82) is 0 Å². The maximum atomic E-state index is 12.5. The third-order valence-corrected chi connectivity index (χ3v) is 5.98. The Morgan fingerprint density at radius 1 is 1.12 bits per heavy atom. The standard InChI is InChI=1S/C23H23BrN2O5S/c1-3-10-26-22(28)20(32-23(26)29)12-15-11-18(30-4-2)19(13-17(15)24)31-14-21(27)25-16-8-6-5-7-9-16/h5-9,11-13H,3-4,10,14H2,1-2H3,(H,25,27)/b20-12+. The molecule has 1 N–H and O–H groups in total. The van der Waals surface area contributed by atoms with Crippen LogP contribution in [-0.4, -0.2) is 41.7 Å². The normalized spacial score (nSPS) is 14.7. The molecule has 1 saturated heterocycles. The summed E-state index contributed by atoms with van der Waals surface area (Å²) in [5.41, 5.74) is 1.34. The van der Waals surface area contributed by atoms with Crippen LogP contribution in [0, 0.1) is 0 Å². The van der Waals surface area contributed by atoms with Crippen molar-refractivity contribution >= 4 is 56.5 Å². The molecule has 0 aliphatic carbocycles. The van der Waals surface area contributed by atoms with Gasteiger partial charge in [0.25, 0.3) is 17.1 Å². The molecule has 168 valence electrons. The van der Waals surface area contributed by atoms with Crippen molar-refractivity contribution in [3.63, 3.8) is 0 Å². The lowest BCUT2D eigenvalue weighted by molar-refractivity contribution is -0.122. The molecule has 2 aromatic rings. The summed E-state index contributed by atoms with van der Waals surface area (Å²) >= 11 is 4.40. The first-order valence-corrected chi connectivity index (χ1v) is 11.7. The predicted molar refractivity (Wildman–Crippen MR) is 129 cm³/mol. The Balaban J connectivity index is 1.77. The Morgan fingerprint density at radius 2 is 1.84 bits per heavy atom. The maximum Gasteiger partial charge on any atom is 0.293 e. The molecule has 2 aromatic carbocycles. The second kappa shape index (κ2) is 11.2. The lowest BCUT2D eigenvalue weighted by Gasteiger charge is -2.14. The molecule has 32 heavy (non-hydrogen) atoms. The van der Waals surface area contributed by atoms with Gasteiger partial charge in [-0.25, -0.2) is 0 Å². The Labute approximate surface area is 199 Å². The number of thioether (sulfide) groups is 1. The third kappa shape index (κ3) is 5.92. The molecule has 1 fully saturated rings. The van der Waals surface area contributed by atoms with Crippen molar-refractivity contribution in [2.45, 2.75) is 20.3 Å². The van der Waals surface area contributed by atoms with E-state index in [1.165, 1.54) is 4.90 Å². The summed E-state index contributed by atoms with van der Waals surface area (Å²) in [4.78, 5) is 38.4. The highest BCUT2D eigenvalue weighted by molar-refractivity contribution is 9.10. The van der Waals surface area contributed by atoms with Gasteiger partial charge in [-0.2, -0.15) is 0 Å². The zero-order valence-corrected chi connectivity index (χ0v) is 20.1. The van der Waals surface area contributed by atoms with E-state index < -0.39 is 0 Å². The highest BCUT2D eigenvalue weighted by atomic mass is 79.9. The molecule has 1 aliphatic rings. The molecule has 0 saturated carbocycles. The Kier molecular flexibility index (Phi) is 8.35. The van der Waals surface area contributed by atoms with E-state index in [9.17, 15) is 14.4 Å². The number of amides is 3. The minimum atomic E-state index is -0.302. The van der Waals surface area contributed by atoms with Crippen LogP contribution in [0.5, 0.6) is 11.5 Å². The fraction of sp³-hybridized carbons (Fsp3) is 0.261. The summed E-state index contributed by atoms with van der Waals surface area (Å²) in [5.74, 6) is 0.216. The minimum absolute atomic E-state index is 0.198. The summed E-state index contributed by atoms with van der Waals surface area (Å²) in [6.07, 6.45) is 2.35. The molecule has 3 amide bonds. The van der Waals surface area contributed by atoms with Crippen molar-refractivity contribution in [2.75, 3.05) is 25.1 Å². The second-order valence-electron chi connectivity index (χ2n) is 6.79. The average Bonchev–Trinajstić information content (AvgIpc) is 3.03. The summed E-state index contributed by atoms with van der Waals surface area (Å²) in [6, 6.07) is 12.5. The Bertz CT molecular complexity index is 1040. The Morgan fingerprint density at radius 3 is 2.53 bits per heavy atom. The molecule has 0 aromatic heterocycles. The van der Waals surface area contributed by atoms with Gasteiger partial charge >= 0.3 is 0 Å². The number of ether oxygens (including phenoxy) is 2. The van der Waals surface area contributed by atoms with Gasteiger partial charge in [0.2, 0.25) is 0 Å². The summed E-state index contributed by atoms with van der Waals surface area (Å²) in [6.45, 7) is 4.34. The molecule has 0 spiro atoms. The lowest BCUT2D eigenvalue weighted by Crippen LogP contribution is -2.28. The fourth-order valence-corrected chi connectivity index (χ4v) is 4.25. The summed E-state index contributed by atoms with van der Waals surface area (Å²) in [5, 5.41) is 2.49. The van der Waals surface area contributed by atoms with Gasteiger partial charge in [-0.3, -0.25) is 19.3 Å². The van der Waals surface area contributed by atoms with Crippen LogP contribution in [0.15, 0.2) is 51.8 Å². The molecule has 1 heterocycles. The number of carbonyl (C=O) groups excluding carboxylic acids is 3. The third-order valence-electron chi connectivity index (χ3n) is 4.39. The van der Waals surface area contributed by atoms with Crippen LogP contribution in [0.2, 0.25) is 0 Å². The minimum Gasteiger partial charge on any atom is -0.490 e. The van der Waals surface area contributed by atoms with Gasteiger partial charge in [-0.1, -0.05) is 41.1 Å².